The van der Waals surface area contributed by atoms with Crippen LogP contribution >= 0.6 is 23.2 Å². The van der Waals surface area contributed by atoms with Crippen molar-refractivity contribution in [3.63, 3.8) is 0 Å². The highest BCUT2D eigenvalue weighted by Gasteiger charge is 2.28. The Bertz CT molecular complexity index is 929. The average molecular weight is 463 g/mol. The summed E-state index contributed by atoms with van der Waals surface area (Å²) in [5.74, 6) is -0.0583. The highest BCUT2D eigenvalue weighted by atomic mass is 35.5. The maximum absolute atomic E-state index is 13.1. The van der Waals surface area contributed by atoms with Crippen molar-refractivity contribution in [2.75, 3.05) is 6.61 Å². The molecule has 0 saturated heterocycles. The Morgan fingerprint density at radius 1 is 1.16 bits per heavy atom. The van der Waals surface area contributed by atoms with E-state index in [1.54, 1.807) is 30.0 Å². The van der Waals surface area contributed by atoms with E-state index in [4.69, 9.17) is 27.9 Å². The molecule has 0 bridgehead atoms. The number of carbonyl (C=O) groups excluding carboxylic acids is 2. The summed E-state index contributed by atoms with van der Waals surface area (Å²) in [7, 11) is 0. The van der Waals surface area contributed by atoms with Crippen LogP contribution in [0.5, 0.6) is 5.75 Å². The minimum atomic E-state index is -0.627. The summed E-state index contributed by atoms with van der Waals surface area (Å²) < 4.78 is 5.65. The van der Waals surface area contributed by atoms with E-state index in [1.165, 1.54) is 0 Å². The number of amides is 2. The van der Waals surface area contributed by atoms with Gasteiger partial charge in [-0.25, -0.2) is 0 Å². The molecule has 1 fully saturated rings. The van der Waals surface area contributed by atoms with Crippen molar-refractivity contribution in [2.24, 2.45) is 0 Å². The van der Waals surface area contributed by atoms with Gasteiger partial charge in [-0.1, -0.05) is 65.9 Å². The Hall–Kier alpha value is -2.24. The lowest BCUT2D eigenvalue weighted by molar-refractivity contribution is -0.142. The molecule has 0 unspecified atom stereocenters. The zero-order valence-electron chi connectivity index (χ0n) is 17.9. The molecule has 1 aliphatic rings. The number of nitrogens with one attached hydrogen (secondary N) is 1. The summed E-state index contributed by atoms with van der Waals surface area (Å²) in [4.78, 5) is 27.6. The van der Waals surface area contributed by atoms with Crippen LogP contribution in [-0.2, 0) is 16.1 Å². The van der Waals surface area contributed by atoms with Gasteiger partial charge in [0.15, 0.2) is 6.61 Å². The molecule has 0 aliphatic heterocycles. The number of rotatable bonds is 8. The van der Waals surface area contributed by atoms with Crippen LogP contribution in [0.3, 0.4) is 0 Å². The average Bonchev–Trinajstić information content (AvgIpc) is 3.23. The fourth-order valence-electron chi connectivity index (χ4n) is 3.80. The fourth-order valence-corrected chi connectivity index (χ4v) is 4.26. The Labute approximate surface area is 193 Å². The van der Waals surface area contributed by atoms with Crippen molar-refractivity contribution >= 4 is 35.0 Å². The Kier molecular flexibility index (Phi) is 8.22. The first-order valence-electron chi connectivity index (χ1n) is 10.6. The minimum Gasteiger partial charge on any atom is -0.482 e. The van der Waals surface area contributed by atoms with Crippen LogP contribution < -0.4 is 10.1 Å². The van der Waals surface area contributed by atoms with Gasteiger partial charge in [-0.05, 0) is 50.5 Å². The summed E-state index contributed by atoms with van der Waals surface area (Å²) in [6.45, 7) is 3.84. The summed E-state index contributed by atoms with van der Waals surface area (Å²) in [6, 6.07) is 12.3. The van der Waals surface area contributed by atoms with Crippen molar-refractivity contribution in [1.82, 2.24) is 10.2 Å². The van der Waals surface area contributed by atoms with Crippen LogP contribution in [0, 0.1) is 6.92 Å². The molecule has 31 heavy (non-hydrogen) atoms. The van der Waals surface area contributed by atoms with E-state index in [1.807, 2.05) is 31.2 Å². The van der Waals surface area contributed by atoms with E-state index in [9.17, 15) is 9.59 Å². The molecule has 2 aromatic rings. The first-order chi connectivity index (χ1) is 14.8. The van der Waals surface area contributed by atoms with Crippen LogP contribution in [0.2, 0.25) is 10.0 Å². The predicted octanol–water partition coefficient (Wildman–Crippen LogP) is 5.16. The molecule has 0 aromatic heterocycles. The largest absolute Gasteiger partial charge is 0.482 e. The van der Waals surface area contributed by atoms with Crippen molar-refractivity contribution < 1.29 is 14.3 Å². The van der Waals surface area contributed by atoms with Crippen LogP contribution in [0.1, 0.15) is 43.7 Å². The predicted molar refractivity (Wildman–Crippen MR) is 124 cm³/mol. The molecule has 0 heterocycles. The molecule has 0 spiro atoms. The standard InChI is InChI=1S/C24H28Cl2N2O3/c1-16-6-5-7-18(12-16)14-28(17(2)24(30)27-20-8-3-4-9-20)23(29)15-31-22-11-10-19(25)13-21(22)26/h5-7,10-13,17,20H,3-4,8-9,14-15H2,1-2H3,(H,27,30)/t17-/m1/s1. The highest BCUT2D eigenvalue weighted by Crippen LogP contribution is 2.27. The van der Waals surface area contributed by atoms with Crippen LogP contribution in [-0.4, -0.2) is 35.4 Å². The number of aryl methyl sites for hydroxylation is 1. The van der Waals surface area contributed by atoms with Gasteiger partial charge in [-0.3, -0.25) is 9.59 Å². The SMILES string of the molecule is Cc1cccc(CN(C(=O)COc2ccc(Cl)cc2Cl)[C@H](C)C(=O)NC2CCCC2)c1. The van der Waals surface area contributed by atoms with Gasteiger partial charge in [0.2, 0.25) is 5.91 Å². The van der Waals surface area contributed by atoms with Gasteiger partial charge >= 0.3 is 0 Å². The molecule has 2 amide bonds. The number of hydrogen-bond acceptors (Lipinski definition) is 3. The second kappa shape index (κ2) is 10.9. The van der Waals surface area contributed by atoms with Gasteiger partial charge < -0.3 is 15.0 Å². The third-order valence-corrected chi connectivity index (χ3v) is 6.08. The number of hydrogen-bond donors (Lipinski definition) is 1. The molecule has 1 N–H and O–H groups in total. The second-order valence-corrected chi connectivity index (χ2v) is 8.88. The van der Waals surface area contributed by atoms with Gasteiger partial charge in [-0.15, -0.1) is 0 Å². The molecule has 2 aromatic carbocycles. The Morgan fingerprint density at radius 2 is 1.90 bits per heavy atom. The van der Waals surface area contributed by atoms with Crippen molar-refractivity contribution in [1.29, 1.82) is 0 Å². The number of nitrogens with zero attached hydrogens (tertiary/aromatic N) is 1. The molecule has 1 atom stereocenters. The van der Waals surface area contributed by atoms with Gasteiger partial charge in [0.05, 0.1) is 5.02 Å². The highest BCUT2D eigenvalue weighted by molar-refractivity contribution is 6.35. The smallest absolute Gasteiger partial charge is 0.261 e. The van der Waals surface area contributed by atoms with E-state index in [0.29, 0.717) is 22.3 Å². The number of ether oxygens (including phenoxy) is 1. The number of carbonyl (C=O) groups is 2. The van der Waals surface area contributed by atoms with Gasteiger partial charge in [0, 0.05) is 17.6 Å². The molecular weight excluding hydrogens is 435 g/mol. The quantitative estimate of drug-likeness (QED) is 0.589. The summed E-state index contributed by atoms with van der Waals surface area (Å²) in [6.07, 6.45) is 4.23. The number of halogens is 2. The van der Waals surface area contributed by atoms with Crippen LogP contribution in [0.15, 0.2) is 42.5 Å². The third-order valence-electron chi connectivity index (χ3n) is 5.55. The number of benzene rings is 2. The van der Waals surface area contributed by atoms with Crippen molar-refractivity contribution in [2.45, 2.75) is 58.2 Å². The third kappa shape index (κ3) is 6.62. The summed E-state index contributed by atoms with van der Waals surface area (Å²) in [5, 5.41) is 3.91. The lowest BCUT2D eigenvalue weighted by Gasteiger charge is -2.29. The Balaban J connectivity index is 1.73. The molecule has 1 saturated carbocycles. The zero-order valence-corrected chi connectivity index (χ0v) is 19.4. The molecule has 1 aliphatic carbocycles. The van der Waals surface area contributed by atoms with E-state index in [-0.39, 0.29) is 24.5 Å². The van der Waals surface area contributed by atoms with E-state index in [0.717, 1.165) is 36.8 Å². The molecule has 0 radical (unpaired) electrons. The first kappa shape index (κ1) is 23.4. The van der Waals surface area contributed by atoms with Crippen molar-refractivity contribution in [3.05, 3.63) is 63.6 Å². The van der Waals surface area contributed by atoms with Gasteiger partial charge in [-0.2, -0.15) is 0 Å². The summed E-state index contributed by atoms with van der Waals surface area (Å²) in [5.41, 5.74) is 2.05. The second-order valence-electron chi connectivity index (χ2n) is 8.04. The van der Waals surface area contributed by atoms with Crippen LogP contribution in [0.4, 0.5) is 0 Å². The fraction of sp³-hybridized carbons (Fsp3) is 0.417. The minimum absolute atomic E-state index is 0.141. The topological polar surface area (TPSA) is 58.6 Å². The van der Waals surface area contributed by atoms with E-state index >= 15 is 0 Å². The van der Waals surface area contributed by atoms with E-state index < -0.39 is 6.04 Å². The normalized spacial score (nSPS) is 14.8. The molecule has 5 nitrogen and oxygen atoms in total. The van der Waals surface area contributed by atoms with Crippen LogP contribution in [0.25, 0.3) is 0 Å². The molecular formula is C24H28Cl2N2O3. The van der Waals surface area contributed by atoms with E-state index in [2.05, 4.69) is 5.32 Å². The zero-order chi connectivity index (χ0) is 22.4. The maximum Gasteiger partial charge on any atom is 0.261 e. The lowest BCUT2D eigenvalue weighted by Crippen LogP contribution is -2.50. The van der Waals surface area contributed by atoms with Gasteiger partial charge in [0.1, 0.15) is 11.8 Å². The maximum atomic E-state index is 13.1. The monoisotopic (exact) mass is 462 g/mol. The molecule has 7 heteroatoms. The van der Waals surface area contributed by atoms with Crippen molar-refractivity contribution in [3.8, 4) is 5.75 Å². The van der Waals surface area contributed by atoms with Gasteiger partial charge in [0.25, 0.3) is 5.91 Å². The Morgan fingerprint density at radius 3 is 2.58 bits per heavy atom. The lowest BCUT2D eigenvalue weighted by atomic mass is 10.1. The first-order valence-corrected chi connectivity index (χ1v) is 11.3. The summed E-state index contributed by atoms with van der Waals surface area (Å²) >= 11 is 12.1. The molecule has 166 valence electrons. The molecule has 3 rings (SSSR count).